The predicted octanol–water partition coefficient (Wildman–Crippen LogP) is 4.48. The van der Waals surface area contributed by atoms with Crippen LogP contribution >= 0.6 is 0 Å². The molecule has 0 unspecified atom stereocenters. The maximum absolute atomic E-state index is 12.2. The highest BCUT2D eigenvalue weighted by Crippen LogP contribution is 2.37. The molecule has 0 saturated carbocycles. The van der Waals surface area contributed by atoms with Gasteiger partial charge in [0.2, 0.25) is 0 Å². The van der Waals surface area contributed by atoms with Crippen molar-refractivity contribution in [1.82, 2.24) is 9.55 Å². The molecular weight excluding hydrogens is 400 g/mol. The Morgan fingerprint density at radius 2 is 1.83 bits per heavy atom. The normalized spacial score (nSPS) is 13.5. The van der Waals surface area contributed by atoms with E-state index in [1.54, 1.807) is 13.8 Å². The number of ether oxygens (including phenoxy) is 2. The molecule has 1 aromatic heterocycles. The Hall–Kier alpha value is -1.93. The molecule has 0 aliphatic carbocycles. The molecular formula is C22H38N2O5Si. The summed E-state index contributed by atoms with van der Waals surface area (Å²) in [4.78, 5) is 28.4. The SMILES string of the molecule is CCOC(=O)C[C@@H](C/C=C/c1ncc(CO[Si](C)(C)C(C)(C)C)n1C)C(=O)OCC. The van der Waals surface area contributed by atoms with Crippen molar-refractivity contribution in [3.8, 4) is 0 Å². The van der Waals surface area contributed by atoms with E-state index in [9.17, 15) is 9.59 Å². The van der Waals surface area contributed by atoms with Gasteiger partial charge < -0.3 is 18.5 Å². The quantitative estimate of drug-likeness (QED) is 0.374. The molecule has 0 fully saturated rings. The summed E-state index contributed by atoms with van der Waals surface area (Å²) in [6.45, 7) is 15.7. The molecule has 0 aliphatic rings. The van der Waals surface area contributed by atoms with E-state index in [-0.39, 0.29) is 24.7 Å². The van der Waals surface area contributed by atoms with E-state index in [0.717, 1.165) is 11.5 Å². The van der Waals surface area contributed by atoms with Crippen molar-refractivity contribution in [2.24, 2.45) is 13.0 Å². The van der Waals surface area contributed by atoms with Gasteiger partial charge >= 0.3 is 11.9 Å². The molecule has 1 rings (SSSR count). The van der Waals surface area contributed by atoms with Gasteiger partial charge in [0.1, 0.15) is 5.82 Å². The largest absolute Gasteiger partial charge is 0.466 e. The van der Waals surface area contributed by atoms with E-state index in [1.165, 1.54) is 0 Å². The fourth-order valence-electron chi connectivity index (χ4n) is 2.50. The third kappa shape index (κ3) is 7.72. The molecule has 8 heteroatoms. The predicted molar refractivity (Wildman–Crippen MR) is 120 cm³/mol. The van der Waals surface area contributed by atoms with Crippen LogP contribution in [0.5, 0.6) is 0 Å². The van der Waals surface area contributed by atoms with Gasteiger partial charge in [0.15, 0.2) is 8.32 Å². The maximum Gasteiger partial charge on any atom is 0.309 e. The minimum atomic E-state index is -1.84. The second-order valence-corrected chi connectivity index (χ2v) is 13.6. The van der Waals surface area contributed by atoms with Crippen molar-refractivity contribution in [3.05, 3.63) is 23.8 Å². The first kappa shape index (κ1) is 26.1. The standard InChI is InChI=1S/C22H38N2O5Si/c1-9-27-20(25)14-17(21(26)28-10-2)12-11-13-19-23-15-18(24(19)6)16-29-30(7,8)22(3,4)5/h11,13,15,17H,9-10,12,14,16H2,1-8H3/b13-11+/t17-/m1/s1. The van der Waals surface area contributed by atoms with Crippen LogP contribution in [0.4, 0.5) is 0 Å². The molecule has 0 saturated heterocycles. The molecule has 30 heavy (non-hydrogen) atoms. The van der Waals surface area contributed by atoms with Gasteiger partial charge in [-0.1, -0.05) is 26.8 Å². The van der Waals surface area contributed by atoms with Crippen LogP contribution in [0.1, 0.15) is 59.0 Å². The topological polar surface area (TPSA) is 79.7 Å². The Morgan fingerprint density at radius 3 is 2.40 bits per heavy atom. The Morgan fingerprint density at radius 1 is 1.20 bits per heavy atom. The maximum atomic E-state index is 12.2. The second kappa shape index (κ2) is 11.5. The smallest absolute Gasteiger partial charge is 0.309 e. The number of esters is 2. The molecule has 0 N–H and O–H groups in total. The average molecular weight is 439 g/mol. The molecule has 7 nitrogen and oxygen atoms in total. The summed E-state index contributed by atoms with van der Waals surface area (Å²) in [7, 11) is 0.104. The van der Waals surface area contributed by atoms with E-state index >= 15 is 0 Å². The molecule has 0 radical (unpaired) electrons. The summed E-state index contributed by atoms with van der Waals surface area (Å²) >= 11 is 0. The number of carbonyl (C=O) groups excluding carboxylic acids is 2. The molecule has 0 bridgehead atoms. The lowest BCUT2D eigenvalue weighted by Crippen LogP contribution is -2.40. The van der Waals surface area contributed by atoms with Gasteiger partial charge in [0, 0.05) is 7.05 Å². The van der Waals surface area contributed by atoms with E-state index in [0.29, 0.717) is 13.0 Å². The van der Waals surface area contributed by atoms with Gasteiger partial charge in [-0.15, -0.1) is 0 Å². The summed E-state index contributed by atoms with van der Waals surface area (Å²) in [5, 5.41) is 0.148. The molecule has 170 valence electrons. The zero-order chi connectivity index (χ0) is 22.9. The van der Waals surface area contributed by atoms with Crippen molar-refractivity contribution >= 4 is 26.3 Å². The summed E-state index contributed by atoms with van der Waals surface area (Å²) in [6.07, 6.45) is 5.90. The summed E-state index contributed by atoms with van der Waals surface area (Å²) in [6, 6.07) is 0. The highest BCUT2D eigenvalue weighted by atomic mass is 28.4. The molecule has 1 heterocycles. The molecule has 1 atom stereocenters. The van der Waals surface area contributed by atoms with Crippen LogP contribution in [-0.2, 0) is 37.1 Å². The van der Waals surface area contributed by atoms with Crippen LogP contribution in [0.25, 0.3) is 6.08 Å². The summed E-state index contributed by atoms with van der Waals surface area (Å²) in [5.74, 6) is -0.589. The average Bonchev–Trinajstić information content (AvgIpc) is 2.98. The minimum Gasteiger partial charge on any atom is -0.466 e. The second-order valence-electron chi connectivity index (χ2n) is 8.81. The first-order valence-electron chi connectivity index (χ1n) is 10.6. The van der Waals surface area contributed by atoms with E-state index < -0.39 is 26.2 Å². The number of aromatic nitrogens is 2. The van der Waals surface area contributed by atoms with E-state index in [1.807, 2.05) is 30.0 Å². The number of nitrogens with zero attached hydrogens (tertiary/aromatic N) is 2. The zero-order valence-corrected chi connectivity index (χ0v) is 20.8. The van der Waals surface area contributed by atoms with Gasteiger partial charge in [-0.25, -0.2) is 4.98 Å². The molecule has 0 spiro atoms. The van der Waals surface area contributed by atoms with Crippen molar-refractivity contribution < 1.29 is 23.5 Å². The van der Waals surface area contributed by atoms with Crippen molar-refractivity contribution in [1.29, 1.82) is 0 Å². The summed E-state index contributed by atoms with van der Waals surface area (Å²) < 4.78 is 18.3. The lowest BCUT2D eigenvalue weighted by molar-refractivity contribution is -0.154. The van der Waals surface area contributed by atoms with Crippen LogP contribution < -0.4 is 0 Å². The lowest BCUT2D eigenvalue weighted by atomic mass is 10.0. The zero-order valence-electron chi connectivity index (χ0n) is 19.8. The van der Waals surface area contributed by atoms with Crippen LogP contribution in [0.3, 0.4) is 0 Å². The Balaban J connectivity index is 2.79. The number of carbonyl (C=O) groups is 2. The highest BCUT2D eigenvalue weighted by molar-refractivity contribution is 6.74. The number of hydrogen-bond acceptors (Lipinski definition) is 6. The van der Waals surface area contributed by atoms with Crippen LogP contribution in [-0.4, -0.2) is 43.0 Å². The summed E-state index contributed by atoms with van der Waals surface area (Å²) in [5.41, 5.74) is 0.993. The van der Waals surface area contributed by atoms with Crippen molar-refractivity contribution in [3.63, 3.8) is 0 Å². The Labute approximate surface area is 181 Å². The van der Waals surface area contributed by atoms with Crippen LogP contribution in [0.15, 0.2) is 12.3 Å². The Bertz CT molecular complexity index is 734. The number of imidazole rings is 1. The fraction of sp³-hybridized carbons (Fsp3) is 0.682. The number of allylic oxidation sites excluding steroid dienone is 1. The highest BCUT2D eigenvalue weighted by Gasteiger charge is 2.37. The van der Waals surface area contributed by atoms with Gasteiger partial charge in [-0.05, 0) is 44.5 Å². The lowest BCUT2D eigenvalue weighted by Gasteiger charge is -2.36. The van der Waals surface area contributed by atoms with Crippen molar-refractivity contribution in [2.45, 2.75) is 72.2 Å². The number of rotatable bonds is 11. The molecule has 0 aromatic carbocycles. The molecule has 0 amide bonds. The van der Waals surface area contributed by atoms with Gasteiger partial charge in [-0.3, -0.25) is 9.59 Å². The van der Waals surface area contributed by atoms with E-state index in [4.69, 9.17) is 13.9 Å². The Kier molecular flexibility index (Phi) is 9.97. The third-order valence-corrected chi connectivity index (χ3v) is 10.0. The molecule has 1 aromatic rings. The fourth-order valence-corrected chi connectivity index (χ4v) is 3.44. The minimum absolute atomic E-state index is 0.00316. The van der Waals surface area contributed by atoms with E-state index in [2.05, 4.69) is 38.8 Å². The van der Waals surface area contributed by atoms with Gasteiger partial charge in [0.25, 0.3) is 0 Å². The third-order valence-electron chi connectivity index (χ3n) is 5.53. The molecule has 0 aliphatic heterocycles. The monoisotopic (exact) mass is 438 g/mol. The van der Waals surface area contributed by atoms with Crippen LogP contribution in [0.2, 0.25) is 18.1 Å². The van der Waals surface area contributed by atoms with Gasteiger partial charge in [0.05, 0.1) is 44.1 Å². The first-order valence-corrected chi connectivity index (χ1v) is 13.5. The van der Waals surface area contributed by atoms with Crippen molar-refractivity contribution in [2.75, 3.05) is 13.2 Å². The first-order chi connectivity index (χ1) is 13.9. The number of hydrogen-bond donors (Lipinski definition) is 0. The van der Waals surface area contributed by atoms with Crippen LogP contribution in [0, 0.1) is 5.92 Å². The van der Waals surface area contributed by atoms with Gasteiger partial charge in [-0.2, -0.15) is 0 Å².